The molecule has 0 radical (unpaired) electrons. The molecule has 0 aliphatic rings. The highest BCUT2D eigenvalue weighted by Crippen LogP contribution is 2.30. The molecule has 1 amide bonds. The van der Waals surface area contributed by atoms with Crippen LogP contribution >= 0.6 is 0 Å². The monoisotopic (exact) mass is 271 g/mol. The molecular weight excluding hydrogens is 263 g/mol. The van der Waals surface area contributed by atoms with Crippen molar-refractivity contribution in [3.8, 4) is 0 Å². The molecule has 0 spiro atoms. The highest BCUT2D eigenvalue weighted by molar-refractivity contribution is 6.04. The van der Waals surface area contributed by atoms with Gasteiger partial charge in [-0.25, -0.2) is 0 Å². The van der Waals surface area contributed by atoms with Gasteiger partial charge in [-0.15, -0.1) is 0 Å². The summed E-state index contributed by atoms with van der Waals surface area (Å²) in [6.45, 7) is 0. The van der Waals surface area contributed by atoms with Gasteiger partial charge >= 0.3 is 6.18 Å². The van der Waals surface area contributed by atoms with Crippen molar-refractivity contribution in [1.29, 1.82) is 0 Å². The van der Waals surface area contributed by atoms with E-state index in [2.05, 4.69) is 20.6 Å². The van der Waals surface area contributed by atoms with Crippen LogP contribution in [0.25, 0.3) is 0 Å². The van der Waals surface area contributed by atoms with Crippen LogP contribution in [-0.2, 0) is 13.2 Å². The van der Waals surface area contributed by atoms with Crippen molar-refractivity contribution in [1.82, 2.24) is 20.0 Å². The third-order valence-electron chi connectivity index (χ3n) is 2.18. The molecule has 0 bridgehead atoms. The number of hydrogen-bond donors (Lipinski definition) is 1. The summed E-state index contributed by atoms with van der Waals surface area (Å²) in [7, 11) is 1.31. The Bertz CT molecular complexity index is 593. The van der Waals surface area contributed by atoms with Crippen molar-refractivity contribution in [3.63, 3.8) is 0 Å². The van der Waals surface area contributed by atoms with Gasteiger partial charge in [0.2, 0.25) is 0 Å². The number of halogens is 3. The van der Waals surface area contributed by atoms with Crippen LogP contribution in [0.3, 0.4) is 0 Å². The van der Waals surface area contributed by atoms with E-state index >= 15 is 0 Å². The van der Waals surface area contributed by atoms with Crippen LogP contribution in [0.5, 0.6) is 0 Å². The summed E-state index contributed by atoms with van der Waals surface area (Å²) in [5.74, 6) is -0.909. The number of carbonyl (C=O) groups excluding carboxylic acids is 1. The molecule has 0 aliphatic heterocycles. The zero-order valence-corrected chi connectivity index (χ0v) is 9.64. The van der Waals surface area contributed by atoms with Crippen molar-refractivity contribution in [2.75, 3.05) is 5.32 Å². The van der Waals surface area contributed by atoms with E-state index < -0.39 is 23.3 Å². The van der Waals surface area contributed by atoms with Crippen molar-refractivity contribution < 1.29 is 18.0 Å². The third-order valence-corrected chi connectivity index (χ3v) is 2.18. The molecule has 0 unspecified atom stereocenters. The lowest BCUT2D eigenvalue weighted by molar-refractivity contribution is -0.141. The van der Waals surface area contributed by atoms with Gasteiger partial charge in [-0.2, -0.15) is 28.5 Å². The predicted molar refractivity (Wildman–Crippen MR) is 58.2 cm³/mol. The highest BCUT2D eigenvalue weighted by Gasteiger charge is 2.38. The molecule has 9 heteroatoms. The fourth-order valence-corrected chi connectivity index (χ4v) is 1.43. The summed E-state index contributed by atoms with van der Waals surface area (Å²) >= 11 is 0. The Morgan fingerprint density at radius 2 is 2.11 bits per heavy atom. The molecule has 2 aromatic heterocycles. The van der Waals surface area contributed by atoms with Gasteiger partial charge in [0, 0.05) is 13.2 Å². The second-order valence-corrected chi connectivity index (χ2v) is 3.65. The zero-order valence-electron chi connectivity index (χ0n) is 9.64. The van der Waals surface area contributed by atoms with Gasteiger partial charge in [-0.3, -0.25) is 9.48 Å². The van der Waals surface area contributed by atoms with E-state index in [1.807, 2.05) is 0 Å². The minimum absolute atomic E-state index is 0.247. The molecule has 2 aromatic rings. The quantitative estimate of drug-likeness (QED) is 0.898. The second-order valence-electron chi connectivity index (χ2n) is 3.65. The maximum atomic E-state index is 12.7. The Balaban J connectivity index is 2.30. The first-order valence-corrected chi connectivity index (χ1v) is 5.07. The second kappa shape index (κ2) is 4.67. The van der Waals surface area contributed by atoms with E-state index in [9.17, 15) is 18.0 Å². The summed E-state index contributed by atoms with van der Waals surface area (Å²) in [6, 6.07) is 1.41. The van der Waals surface area contributed by atoms with E-state index in [1.54, 1.807) is 0 Å². The molecule has 0 atom stereocenters. The average molecular weight is 271 g/mol. The summed E-state index contributed by atoms with van der Waals surface area (Å²) in [5, 5.41) is 12.5. The van der Waals surface area contributed by atoms with E-state index in [4.69, 9.17) is 0 Å². The number of aryl methyl sites for hydroxylation is 1. The molecule has 2 heterocycles. The number of hydrogen-bond acceptors (Lipinski definition) is 4. The fourth-order valence-electron chi connectivity index (χ4n) is 1.43. The van der Waals surface area contributed by atoms with Gasteiger partial charge in [-0.05, 0) is 6.07 Å². The van der Waals surface area contributed by atoms with Gasteiger partial charge in [0.25, 0.3) is 5.91 Å². The van der Waals surface area contributed by atoms with Crippen LogP contribution in [0.4, 0.5) is 18.9 Å². The summed E-state index contributed by atoms with van der Waals surface area (Å²) < 4.78 is 39.0. The number of aromatic nitrogens is 4. The molecule has 6 nitrogen and oxygen atoms in total. The molecule has 0 fully saturated rings. The van der Waals surface area contributed by atoms with E-state index in [0.717, 1.165) is 10.9 Å². The van der Waals surface area contributed by atoms with Crippen LogP contribution in [0, 0.1) is 0 Å². The Morgan fingerprint density at radius 3 is 2.68 bits per heavy atom. The van der Waals surface area contributed by atoms with Crippen LogP contribution in [0.15, 0.2) is 24.7 Å². The summed E-state index contributed by atoms with van der Waals surface area (Å²) in [5.41, 5.74) is -1.53. The lowest BCUT2D eigenvalue weighted by Crippen LogP contribution is -2.17. The molecule has 0 saturated heterocycles. The Hall–Kier alpha value is -2.45. The Labute approximate surface area is 105 Å². The molecule has 0 aromatic carbocycles. The highest BCUT2D eigenvalue weighted by atomic mass is 19.4. The van der Waals surface area contributed by atoms with Crippen molar-refractivity contribution in [2.24, 2.45) is 7.05 Å². The van der Waals surface area contributed by atoms with Crippen molar-refractivity contribution in [2.45, 2.75) is 6.18 Å². The standard InChI is InChI=1S/C10H8F3N5O/c1-18-5-7(8(17-18)10(11,12)13)9(19)16-6-2-3-14-15-4-6/h2-5H,1H3,(H,14,16,19). The van der Waals surface area contributed by atoms with Crippen molar-refractivity contribution >= 4 is 11.6 Å². The number of anilines is 1. The Morgan fingerprint density at radius 1 is 1.37 bits per heavy atom. The van der Waals surface area contributed by atoms with Gasteiger partial charge in [0.15, 0.2) is 5.69 Å². The molecule has 100 valence electrons. The van der Waals surface area contributed by atoms with Crippen LogP contribution in [-0.4, -0.2) is 25.9 Å². The first kappa shape index (κ1) is 13.0. The lowest BCUT2D eigenvalue weighted by Gasteiger charge is -2.06. The molecular formula is C10H8F3N5O. The molecule has 2 rings (SSSR count). The Kier molecular flexibility index (Phi) is 3.19. The fraction of sp³-hybridized carbons (Fsp3) is 0.200. The van der Waals surface area contributed by atoms with Gasteiger partial charge in [0.1, 0.15) is 0 Å². The largest absolute Gasteiger partial charge is 0.435 e. The number of carbonyl (C=O) groups is 1. The SMILES string of the molecule is Cn1cc(C(=O)Nc2ccnnc2)c(C(F)(F)F)n1. The van der Waals surface area contributed by atoms with E-state index in [0.29, 0.717) is 0 Å². The van der Waals surface area contributed by atoms with E-state index in [-0.39, 0.29) is 5.69 Å². The van der Waals surface area contributed by atoms with Gasteiger partial charge in [-0.1, -0.05) is 0 Å². The smallest absolute Gasteiger partial charge is 0.320 e. The number of alkyl halides is 3. The third kappa shape index (κ3) is 2.87. The topological polar surface area (TPSA) is 72.7 Å². The maximum absolute atomic E-state index is 12.7. The predicted octanol–water partition coefficient (Wildman–Crippen LogP) is 1.48. The number of amides is 1. The molecule has 19 heavy (non-hydrogen) atoms. The minimum atomic E-state index is -4.69. The first-order valence-electron chi connectivity index (χ1n) is 5.07. The van der Waals surface area contributed by atoms with E-state index in [1.165, 1.54) is 25.5 Å². The zero-order chi connectivity index (χ0) is 14.0. The molecule has 1 N–H and O–H groups in total. The minimum Gasteiger partial charge on any atom is -0.320 e. The molecule has 0 aliphatic carbocycles. The average Bonchev–Trinajstić information content (AvgIpc) is 2.72. The van der Waals surface area contributed by atoms with Crippen LogP contribution in [0.1, 0.15) is 16.1 Å². The first-order chi connectivity index (χ1) is 8.88. The van der Waals surface area contributed by atoms with Gasteiger partial charge < -0.3 is 5.32 Å². The summed E-state index contributed by atoms with van der Waals surface area (Å²) in [6.07, 6.45) is -1.15. The molecule has 0 saturated carbocycles. The van der Waals surface area contributed by atoms with Gasteiger partial charge in [0.05, 0.1) is 23.6 Å². The maximum Gasteiger partial charge on any atom is 0.435 e. The normalized spacial score (nSPS) is 11.4. The number of nitrogens with zero attached hydrogens (tertiary/aromatic N) is 4. The van der Waals surface area contributed by atoms with Crippen molar-refractivity contribution in [3.05, 3.63) is 35.9 Å². The number of rotatable bonds is 2. The van der Waals surface area contributed by atoms with Crippen LogP contribution in [0.2, 0.25) is 0 Å². The lowest BCUT2D eigenvalue weighted by atomic mass is 10.2. The number of nitrogens with one attached hydrogen (secondary N) is 1. The summed E-state index contributed by atoms with van der Waals surface area (Å²) in [4.78, 5) is 11.8. The van der Waals surface area contributed by atoms with Crippen LogP contribution < -0.4 is 5.32 Å².